The van der Waals surface area contributed by atoms with Crippen LogP contribution in [-0.4, -0.2) is 47.0 Å². The van der Waals surface area contributed by atoms with Crippen molar-refractivity contribution in [2.75, 3.05) is 0 Å². The quantitative estimate of drug-likeness (QED) is 0.184. The third kappa shape index (κ3) is 9.53. The average molecular weight is 448 g/mol. The lowest BCUT2D eigenvalue weighted by molar-refractivity contribution is -0.179. The standard InChI is InChI=1S/C22H29N3O7/c1-14(2)30-18(27)17(12-11-16(26)13-24-23)25-21(29)32-19(15-9-7-6-8-10-15)31-20(28)22(3,4)5/h6-10,13-14,17,19,23H,11-12H2,1-5H3/p+1/t17-,19?/m0/s1. The second-order valence-corrected chi connectivity index (χ2v) is 8.25. The average Bonchev–Trinajstić information content (AvgIpc) is 2.70. The number of carbonyl (C=O) groups excluding carboxylic acids is 4. The van der Waals surface area contributed by atoms with Gasteiger partial charge in [-0.15, -0.1) is 0 Å². The number of benzene rings is 1. The molecule has 0 aliphatic carbocycles. The van der Waals surface area contributed by atoms with E-state index in [1.54, 1.807) is 65.0 Å². The molecule has 1 unspecified atom stereocenters. The van der Waals surface area contributed by atoms with Gasteiger partial charge in [0.1, 0.15) is 6.04 Å². The molecule has 1 rings (SSSR count). The Morgan fingerprint density at radius 1 is 1.06 bits per heavy atom. The summed E-state index contributed by atoms with van der Waals surface area (Å²) in [5.41, 5.74) is 6.28. The largest absolute Gasteiger partial charge is 0.461 e. The zero-order valence-corrected chi connectivity index (χ0v) is 18.9. The van der Waals surface area contributed by atoms with Crippen molar-refractivity contribution >= 4 is 30.0 Å². The summed E-state index contributed by atoms with van der Waals surface area (Å²) in [5, 5.41) is 2.36. The van der Waals surface area contributed by atoms with Crippen molar-refractivity contribution in [3.05, 3.63) is 35.9 Å². The Labute approximate surface area is 186 Å². The van der Waals surface area contributed by atoms with E-state index in [9.17, 15) is 19.2 Å². The molecule has 2 N–H and O–H groups in total. The molecule has 1 amide bonds. The van der Waals surface area contributed by atoms with Gasteiger partial charge in [0.2, 0.25) is 5.78 Å². The summed E-state index contributed by atoms with van der Waals surface area (Å²) >= 11 is 0. The molecule has 10 heteroatoms. The number of carbonyl (C=O) groups is 4. The minimum Gasteiger partial charge on any atom is -0.461 e. The van der Waals surface area contributed by atoms with Gasteiger partial charge in [-0.1, -0.05) is 30.3 Å². The van der Waals surface area contributed by atoms with Crippen LogP contribution in [0.5, 0.6) is 0 Å². The number of hydrogen-bond acceptors (Lipinski definition) is 8. The molecule has 0 saturated heterocycles. The second-order valence-electron chi connectivity index (χ2n) is 8.25. The van der Waals surface area contributed by atoms with Crippen LogP contribution < -0.4 is 5.32 Å². The second kappa shape index (κ2) is 12.4. The van der Waals surface area contributed by atoms with Gasteiger partial charge in [-0.25, -0.2) is 9.59 Å². The third-order valence-corrected chi connectivity index (χ3v) is 3.93. The molecule has 0 heterocycles. The summed E-state index contributed by atoms with van der Waals surface area (Å²) in [6.07, 6.45) is -2.27. The molecule has 0 spiro atoms. The summed E-state index contributed by atoms with van der Waals surface area (Å²) < 4.78 is 15.8. The van der Waals surface area contributed by atoms with Crippen LogP contribution in [0.4, 0.5) is 4.79 Å². The molecule has 0 saturated carbocycles. The van der Waals surface area contributed by atoms with E-state index < -0.39 is 47.7 Å². The van der Waals surface area contributed by atoms with E-state index in [1.165, 1.54) is 0 Å². The van der Waals surface area contributed by atoms with E-state index in [-0.39, 0.29) is 12.8 Å². The van der Waals surface area contributed by atoms with Crippen molar-refractivity contribution in [1.29, 1.82) is 5.53 Å². The van der Waals surface area contributed by atoms with Crippen LogP contribution in [0, 0.1) is 10.9 Å². The highest BCUT2D eigenvalue weighted by atomic mass is 16.7. The van der Waals surface area contributed by atoms with Crippen molar-refractivity contribution in [2.45, 2.75) is 65.9 Å². The van der Waals surface area contributed by atoms with Crippen molar-refractivity contribution in [1.82, 2.24) is 5.32 Å². The summed E-state index contributed by atoms with van der Waals surface area (Å²) in [6.45, 7) is 8.26. The monoisotopic (exact) mass is 448 g/mol. The van der Waals surface area contributed by atoms with Crippen LogP contribution in [0.2, 0.25) is 0 Å². The Kier molecular flexibility index (Phi) is 10.2. The number of hydrogen-bond donors (Lipinski definition) is 2. The predicted molar refractivity (Wildman–Crippen MR) is 113 cm³/mol. The molecule has 0 aromatic heterocycles. The van der Waals surface area contributed by atoms with Crippen molar-refractivity contribution < 1.29 is 38.2 Å². The van der Waals surface area contributed by atoms with Gasteiger partial charge in [0, 0.05) is 12.0 Å². The van der Waals surface area contributed by atoms with E-state index in [2.05, 4.69) is 10.1 Å². The highest BCUT2D eigenvalue weighted by Crippen LogP contribution is 2.25. The fourth-order valence-corrected chi connectivity index (χ4v) is 2.30. The zero-order valence-electron chi connectivity index (χ0n) is 18.9. The summed E-state index contributed by atoms with van der Waals surface area (Å²) in [4.78, 5) is 51.8. The molecular formula is C22H30N3O7+. The van der Waals surface area contributed by atoms with Crippen molar-refractivity contribution in [3.63, 3.8) is 0 Å². The first-order valence-corrected chi connectivity index (χ1v) is 10.1. The summed E-state index contributed by atoms with van der Waals surface area (Å²) in [5.74, 6) is -1.83. The number of ketones is 1. The van der Waals surface area contributed by atoms with E-state index >= 15 is 0 Å². The van der Waals surface area contributed by atoms with E-state index in [1.807, 2.05) is 0 Å². The number of amides is 1. The maximum Gasteiger partial charge on any atom is 0.411 e. The lowest BCUT2D eigenvalue weighted by atomic mass is 9.97. The minimum atomic E-state index is -1.35. The maximum absolute atomic E-state index is 12.6. The number of nitrogens with one attached hydrogen (secondary N) is 2. The molecule has 1 aromatic carbocycles. The van der Waals surface area contributed by atoms with Crippen LogP contribution in [0.1, 0.15) is 59.3 Å². The molecular weight excluding hydrogens is 418 g/mol. The van der Waals surface area contributed by atoms with Crippen LogP contribution in [0.15, 0.2) is 30.3 Å². The first kappa shape index (κ1) is 26.5. The smallest absolute Gasteiger partial charge is 0.411 e. The van der Waals surface area contributed by atoms with Crippen LogP contribution in [0.3, 0.4) is 0 Å². The fourth-order valence-electron chi connectivity index (χ4n) is 2.30. The number of nitrogens with zero attached hydrogens (tertiary/aromatic N) is 1. The number of alkyl carbamates (subject to hydrolysis) is 1. The van der Waals surface area contributed by atoms with Gasteiger partial charge >= 0.3 is 24.2 Å². The van der Waals surface area contributed by atoms with Gasteiger partial charge in [-0.3, -0.25) is 9.59 Å². The van der Waals surface area contributed by atoms with Gasteiger partial charge in [0.25, 0.3) is 6.29 Å². The van der Waals surface area contributed by atoms with Crippen molar-refractivity contribution in [3.8, 4) is 0 Å². The SMILES string of the molecule is CC(C)OC(=O)[C@H](CCC(=O)C=[N+]=N)NC(=O)OC(OC(=O)C(C)(C)C)c1ccccc1. The van der Waals surface area contributed by atoms with Crippen LogP contribution >= 0.6 is 0 Å². The Balaban J connectivity index is 2.98. The van der Waals surface area contributed by atoms with E-state index in [0.29, 0.717) is 5.56 Å². The Bertz CT molecular complexity index is 856. The molecule has 174 valence electrons. The molecule has 1 aromatic rings. The molecule has 0 aliphatic rings. The maximum atomic E-state index is 12.6. The minimum absolute atomic E-state index is 0.0940. The predicted octanol–water partition coefficient (Wildman–Crippen LogP) is 2.98. The third-order valence-electron chi connectivity index (χ3n) is 3.93. The normalized spacial score (nSPS) is 12.7. The number of rotatable bonds is 10. The zero-order chi connectivity index (χ0) is 24.3. The van der Waals surface area contributed by atoms with Gasteiger partial charge in [0.15, 0.2) is 0 Å². The lowest BCUT2D eigenvalue weighted by Gasteiger charge is -2.24. The molecule has 10 nitrogen and oxygen atoms in total. The van der Waals surface area contributed by atoms with Crippen LogP contribution in [0.25, 0.3) is 0 Å². The molecule has 0 bridgehead atoms. The highest BCUT2D eigenvalue weighted by molar-refractivity contribution is 6.25. The number of Topliss-reactive ketones (excluding diaryl/α,β-unsaturated/α-hetero) is 1. The molecule has 0 radical (unpaired) electrons. The van der Waals surface area contributed by atoms with Crippen LogP contribution in [-0.2, 0) is 28.6 Å². The first-order valence-electron chi connectivity index (χ1n) is 10.1. The highest BCUT2D eigenvalue weighted by Gasteiger charge is 2.31. The summed E-state index contributed by atoms with van der Waals surface area (Å²) in [6, 6.07) is 7.19. The Morgan fingerprint density at radius 3 is 2.22 bits per heavy atom. The molecule has 0 aliphatic heterocycles. The first-order chi connectivity index (χ1) is 14.9. The fraction of sp³-hybridized carbons (Fsp3) is 0.500. The van der Waals surface area contributed by atoms with Crippen molar-refractivity contribution in [2.24, 2.45) is 5.41 Å². The Morgan fingerprint density at radius 2 is 1.69 bits per heavy atom. The molecule has 32 heavy (non-hydrogen) atoms. The topological polar surface area (TPSA) is 146 Å². The number of ether oxygens (including phenoxy) is 3. The number of esters is 2. The summed E-state index contributed by atoms with van der Waals surface area (Å²) in [7, 11) is 0. The van der Waals surface area contributed by atoms with Gasteiger partial charge in [-0.2, -0.15) is 0 Å². The Hall–Kier alpha value is -3.52. The van der Waals surface area contributed by atoms with E-state index in [4.69, 9.17) is 19.7 Å². The van der Waals surface area contributed by atoms with Gasteiger partial charge < -0.3 is 19.5 Å². The molecule has 0 fully saturated rings. The molecule has 2 atom stereocenters. The van der Waals surface area contributed by atoms with E-state index in [0.717, 1.165) is 6.21 Å². The van der Waals surface area contributed by atoms with Gasteiger partial charge in [-0.05, 0) is 41.0 Å². The lowest BCUT2D eigenvalue weighted by Crippen LogP contribution is -2.44. The van der Waals surface area contributed by atoms with Gasteiger partial charge in [0.05, 0.1) is 21.8 Å².